The average Bonchev–Trinajstić information content (AvgIpc) is 2.74. The zero-order chi connectivity index (χ0) is 17.5. The summed E-state index contributed by atoms with van der Waals surface area (Å²) in [7, 11) is -1.27. The van der Waals surface area contributed by atoms with Crippen molar-refractivity contribution in [2.45, 2.75) is 45.3 Å². The summed E-state index contributed by atoms with van der Waals surface area (Å²) in [5.74, 6) is 0.944. The van der Waals surface area contributed by atoms with Crippen molar-refractivity contribution in [2.75, 3.05) is 31.6 Å². The molecule has 1 amide bonds. The van der Waals surface area contributed by atoms with Crippen molar-refractivity contribution < 1.29 is 17.9 Å². The molecule has 1 aliphatic heterocycles. The van der Waals surface area contributed by atoms with Gasteiger partial charge in [0.15, 0.2) is 15.8 Å². The number of nitrogens with one attached hydrogen (secondary N) is 3. The molecule has 3 N–H and O–H groups in total. The number of aliphatic imine (C=N–C) groups is 1. The van der Waals surface area contributed by atoms with Crippen LogP contribution in [0.25, 0.3) is 0 Å². The maximum absolute atomic E-state index is 11.5. The highest BCUT2D eigenvalue weighted by atomic mass is 32.2. The van der Waals surface area contributed by atoms with Gasteiger partial charge in [-0.05, 0) is 33.6 Å². The molecule has 0 aromatic carbocycles. The lowest BCUT2D eigenvalue weighted by Gasteiger charge is -2.20. The Bertz CT molecular complexity index is 525. The smallest absolute Gasteiger partial charge is 0.407 e. The van der Waals surface area contributed by atoms with Gasteiger partial charge < -0.3 is 20.7 Å². The first-order valence-corrected chi connectivity index (χ1v) is 9.58. The maximum atomic E-state index is 11.5. The first-order chi connectivity index (χ1) is 10.6. The van der Waals surface area contributed by atoms with E-state index in [2.05, 4.69) is 20.9 Å². The molecule has 0 spiro atoms. The highest BCUT2D eigenvalue weighted by Gasteiger charge is 2.28. The number of amides is 1. The van der Waals surface area contributed by atoms with Crippen LogP contribution in [0.4, 0.5) is 4.79 Å². The van der Waals surface area contributed by atoms with Gasteiger partial charge in [0.05, 0.1) is 11.5 Å². The van der Waals surface area contributed by atoms with Crippen molar-refractivity contribution in [3.63, 3.8) is 0 Å². The topological polar surface area (TPSA) is 109 Å². The largest absolute Gasteiger partial charge is 0.444 e. The minimum Gasteiger partial charge on any atom is -0.444 e. The third-order valence-corrected chi connectivity index (χ3v) is 4.88. The van der Waals surface area contributed by atoms with Gasteiger partial charge in [0.2, 0.25) is 0 Å². The maximum Gasteiger partial charge on any atom is 0.407 e. The lowest BCUT2D eigenvalue weighted by Crippen LogP contribution is -2.44. The summed E-state index contributed by atoms with van der Waals surface area (Å²) in [6.07, 6.45) is 0.864. The van der Waals surface area contributed by atoms with Crippen LogP contribution in [-0.4, -0.2) is 63.8 Å². The Balaban J connectivity index is 2.18. The third-order valence-electron chi connectivity index (χ3n) is 3.11. The number of hydrogen-bond acceptors (Lipinski definition) is 5. The second-order valence-electron chi connectivity index (χ2n) is 6.53. The van der Waals surface area contributed by atoms with Gasteiger partial charge in [0, 0.05) is 26.2 Å². The van der Waals surface area contributed by atoms with E-state index in [0.29, 0.717) is 31.9 Å². The van der Waals surface area contributed by atoms with Gasteiger partial charge >= 0.3 is 6.09 Å². The summed E-state index contributed by atoms with van der Waals surface area (Å²) in [5.41, 5.74) is -0.504. The molecule has 1 aliphatic rings. The molecule has 8 nitrogen and oxygen atoms in total. The monoisotopic (exact) mass is 348 g/mol. The van der Waals surface area contributed by atoms with Crippen LogP contribution in [0.15, 0.2) is 4.99 Å². The second kappa shape index (κ2) is 8.37. The Kier molecular flexibility index (Phi) is 7.11. The van der Waals surface area contributed by atoms with Crippen molar-refractivity contribution in [1.82, 2.24) is 16.0 Å². The third kappa shape index (κ3) is 8.63. The van der Waals surface area contributed by atoms with Crippen LogP contribution in [0, 0.1) is 0 Å². The Morgan fingerprint density at radius 1 is 1.26 bits per heavy atom. The van der Waals surface area contributed by atoms with Crippen molar-refractivity contribution in [3.8, 4) is 0 Å². The van der Waals surface area contributed by atoms with Crippen molar-refractivity contribution >= 4 is 21.9 Å². The van der Waals surface area contributed by atoms with Crippen LogP contribution in [0.5, 0.6) is 0 Å². The highest BCUT2D eigenvalue weighted by molar-refractivity contribution is 7.91. The van der Waals surface area contributed by atoms with Gasteiger partial charge in [0.25, 0.3) is 0 Å². The lowest BCUT2D eigenvalue weighted by molar-refractivity contribution is 0.0527. The van der Waals surface area contributed by atoms with Gasteiger partial charge in [-0.25, -0.2) is 13.2 Å². The van der Waals surface area contributed by atoms with Gasteiger partial charge in [-0.2, -0.15) is 0 Å². The number of carbonyl (C=O) groups is 1. The van der Waals surface area contributed by atoms with Crippen LogP contribution >= 0.6 is 0 Å². The molecule has 1 heterocycles. The molecule has 23 heavy (non-hydrogen) atoms. The van der Waals surface area contributed by atoms with Crippen molar-refractivity contribution in [3.05, 3.63) is 0 Å². The predicted octanol–water partition coefficient (Wildman–Crippen LogP) is 0.253. The molecule has 0 aromatic rings. The molecular weight excluding hydrogens is 320 g/mol. The molecule has 0 bridgehead atoms. The van der Waals surface area contributed by atoms with Crippen LogP contribution in [0.3, 0.4) is 0 Å². The molecule has 0 aliphatic carbocycles. The summed E-state index contributed by atoms with van der Waals surface area (Å²) < 4.78 is 28.0. The molecule has 9 heteroatoms. The number of sulfone groups is 1. The number of ether oxygens (including phenoxy) is 1. The number of alkyl carbamates (subject to hydrolysis) is 1. The Hall–Kier alpha value is -1.51. The van der Waals surface area contributed by atoms with E-state index in [-0.39, 0.29) is 17.5 Å². The van der Waals surface area contributed by atoms with E-state index in [4.69, 9.17) is 4.74 Å². The molecule has 1 rings (SSSR count). The summed E-state index contributed by atoms with van der Waals surface area (Å²) in [6.45, 7) is 6.53. The summed E-state index contributed by atoms with van der Waals surface area (Å²) >= 11 is 0. The van der Waals surface area contributed by atoms with E-state index < -0.39 is 21.5 Å². The molecule has 0 radical (unpaired) electrons. The number of guanidine groups is 1. The number of rotatable bonds is 5. The minimum atomic E-state index is -2.91. The fraction of sp³-hybridized carbons (Fsp3) is 0.857. The molecule has 0 saturated carbocycles. The molecule has 134 valence electrons. The number of nitrogens with zero attached hydrogens (tertiary/aromatic N) is 1. The molecule has 1 saturated heterocycles. The molecule has 1 fully saturated rings. The van der Waals surface area contributed by atoms with Crippen LogP contribution in [0.1, 0.15) is 33.6 Å². The van der Waals surface area contributed by atoms with Gasteiger partial charge in [-0.1, -0.05) is 0 Å². The molecule has 1 atom stereocenters. The van der Waals surface area contributed by atoms with Crippen LogP contribution in [-0.2, 0) is 14.6 Å². The fourth-order valence-electron chi connectivity index (χ4n) is 2.10. The number of hydrogen-bond donors (Lipinski definition) is 3. The average molecular weight is 348 g/mol. The Morgan fingerprint density at radius 2 is 1.91 bits per heavy atom. The first-order valence-electron chi connectivity index (χ1n) is 7.76. The van der Waals surface area contributed by atoms with Crippen molar-refractivity contribution in [1.29, 1.82) is 0 Å². The fourth-order valence-corrected chi connectivity index (χ4v) is 3.77. The summed E-state index contributed by atoms with van der Waals surface area (Å²) in [4.78, 5) is 15.5. The summed E-state index contributed by atoms with van der Waals surface area (Å²) in [6, 6.07) is -0.0916. The first kappa shape index (κ1) is 19.5. The van der Waals surface area contributed by atoms with Gasteiger partial charge in [-0.15, -0.1) is 0 Å². The highest BCUT2D eigenvalue weighted by Crippen LogP contribution is 2.10. The predicted molar refractivity (Wildman–Crippen MR) is 90.4 cm³/mol. The normalized spacial score (nSPS) is 20.9. The minimum absolute atomic E-state index is 0.0916. The molecule has 1 unspecified atom stereocenters. The Morgan fingerprint density at radius 3 is 2.43 bits per heavy atom. The Labute approximate surface area is 138 Å². The number of carbonyl (C=O) groups excluding carboxylic acids is 1. The van der Waals surface area contributed by atoms with E-state index in [1.54, 1.807) is 7.05 Å². The van der Waals surface area contributed by atoms with Crippen molar-refractivity contribution in [2.24, 2.45) is 4.99 Å². The standard InChI is InChI=1S/C14H28N4O4S/c1-14(2,3)22-13(19)17-8-5-7-16-12(15-4)18-11-6-9-23(20,21)10-11/h11H,5-10H2,1-4H3,(H,17,19)(H2,15,16,18). The van der Waals surface area contributed by atoms with E-state index in [1.807, 2.05) is 20.8 Å². The van der Waals surface area contributed by atoms with E-state index in [1.165, 1.54) is 0 Å². The van der Waals surface area contributed by atoms with E-state index in [9.17, 15) is 13.2 Å². The molecular formula is C14H28N4O4S. The van der Waals surface area contributed by atoms with Gasteiger partial charge in [0.1, 0.15) is 5.60 Å². The second-order valence-corrected chi connectivity index (χ2v) is 8.75. The van der Waals surface area contributed by atoms with Gasteiger partial charge in [-0.3, -0.25) is 4.99 Å². The van der Waals surface area contributed by atoms with E-state index >= 15 is 0 Å². The zero-order valence-corrected chi connectivity index (χ0v) is 15.1. The van der Waals surface area contributed by atoms with Crippen LogP contribution in [0.2, 0.25) is 0 Å². The SMILES string of the molecule is CN=C(NCCCNC(=O)OC(C)(C)C)NC1CCS(=O)(=O)C1. The van der Waals surface area contributed by atoms with Crippen LogP contribution < -0.4 is 16.0 Å². The summed E-state index contributed by atoms with van der Waals surface area (Å²) in [5, 5.41) is 8.87. The lowest BCUT2D eigenvalue weighted by atomic mass is 10.2. The zero-order valence-electron chi connectivity index (χ0n) is 14.3. The molecule has 0 aromatic heterocycles. The quantitative estimate of drug-likeness (QED) is 0.373. The van der Waals surface area contributed by atoms with E-state index in [0.717, 1.165) is 0 Å².